The first-order valence-corrected chi connectivity index (χ1v) is 3.64. The SMILES string of the molecule is Cl.O=C(Cl)CNc1ccccc1. The summed E-state index contributed by atoms with van der Waals surface area (Å²) < 4.78 is 0. The van der Waals surface area contributed by atoms with E-state index in [0.717, 1.165) is 5.69 Å². The van der Waals surface area contributed by atoms with Crippen LogP contribution < -0.4 is 5.32 Å². The summed E-state index contributed by atoms with van der Waals surface area (Å²) in [6.07, 6.45) is 0. The first-order chi connectivity index (χ1) is 5.29. The van der Waals surface area contributed by atoms with Gasteiger partial charge < -0.3 is 5.32 Å². The molecule has 0 amide bonds. The number of rotatable bonds is 3. The molecule has 66 valence electrons. The molecule has 0 fully saturated rings. The average Bonchev–Trinajstić information content (AvgIpc) is 2.03. The van der Waals surface area contributed by atoms with E-state index in [1.54, 1.807) is 0 Å². The van der Waals surface area contributed by atoms with Gasteiger partial charge in [-0.2, -0.15) is 0 Å². The summed E-state index contributed by atoms with van der Waals surface area (Å²) in [4.78, 5) is 10.3. The Morgan fingerprint density at radius 3 is 2.42 bits per heavy atom. The van der Waals surface area contributed by atoms with E-state index < -0.39 is 0 Å². The smallest absolute Gasteiger partial charge is 0.240 e. The van der Waals surface area contributed by atoms with Crippen molar-refractivity contribution >= 4 is 34.9 Å². The minimum absolute atomic E-state index is 0. The van der Waals surface area contributed by atoms with Crippen molar-refractivity contribution in [2.45, 2.75) is 0 Å². The van der Waals surface area contributed by atoms with Gasteiger partial charge in [-0.25, -0.2) is 0 Å². The van der Waals surface area contributed by atoms with Crippen LogP contribution in [0, 0.1) is 0 Å². The number of carbonyl (C=O) groups is 1. The van der Waals surface area contributed by atoms with Crippen molar-refractivity contribution in [3.63, 3.8) is 0 Å². The fourth-order valence-corrected chi connectivity index (χ4v) is 0.794. The Kier molecular flexibility index (Phi) is 5.51. The van der Waals surface area contributed by atoms with Crippen molar-refractivity contribution in [3.8, 4) is 0 Å². The highest BCUT2D eigenvalue weighted by Crippen LogP contribution is 2.03. The number of halogens is 2. The lowest BCUT2D eigenvalue weighted by molar-refractivity contribution is -0.110. The molecule has 0 bridgehead atoms. The van der Waals surface area contributed by atoms with Gasteiger partial charge >= 0.3 is 0 Å². The number of carbonyl (C=O) groups excluding carboxylic acids is 1. The van der Waals surface area contributed by atoms with E-state index in [-0.39, 0.29) is 24.2 Å². The highest BCUT2D eigenvalue weighted by Gasteiger charge is 1.93. The predicted octanol–water partition coefficient (Wildman–Crippen LogP) is 2.29. The third-order valence-corrected chi connectivity index (χ3v) is 1.34. The van der Waals surface area contributed by atoms with Gasteiger partial charge in [-0.1, -0.05) is 18.2 Å². The Bertz CT molecular complexity index is 238. The number of para-hydroxylation sites is 1. The lowest BCUT2D eigenvalue weighted by atomic mass is 10.3. The van der Waals surface area contributed by atoms with E-state index >= 15 is 0 Å². The molecule has 4 heteroatoms. The van der Waals surface area contributed by atoms with Crippen LogP contribution >= 0.6 is 24.0 Å². The first kappa shape index (κ1) is 11.3. The molecule has 0 aromatic heterocycles. The second-order valence-corrected chi connectivity index (χ2v) is 2.50. The number of hydrogen-bond donors (Lipinski definition) is 1. The topological polar surface area (TPSA) is 29.1 Å². The van der Waals surface area contributed by atoms with Crippen LogP contribution in [-0.2, 0) is 4.79 Å². The normalized spacial score (nSPS) is 8.42. The van der Waals surface area contributed by atoms with Crippen LogP contribution in [0.3, 0.4) is 0 Å². The van der Waals surface area contributed by atoms with Crippen molar-refractivity contribution in [2.75, 3.05) is 11.9 Å². The Hall–Kier alpha value is -0.730. The molecule has 0 aliphatic heterocycles. The molecule has 0 aliphatic carbocycles. The molecule has 0 aliphatic rings. The van der Waals surface area contributed by atoms with Gasteiger partial charge in [0.05, 0.1) is 6.54 Å². The fourth-order valence-electron chi connectivity index (χ4n) is 0.728. The molecule has 0 radical (unpaired) electrons. The monoisotopic (exact) mass is 205 g/mol. The first-order valence-electron chi connectivity index (χ1n) is 3.26. The maximum absolute atomic E-state index is 10.3. The van der Waals surface area contributed by atoms with Crippen LogP contribution in [-0.4, -0.2) is 11.8 Å². The Morgan fingerprint density at radius 2 is 1.92 bits per heavy atom. The molecule has 1 N–H and O–H groups in total. The Balaban J connectivity index is 0.00000121. The van der Waals surface area contributed by atoms with E-state index in [0.29, 0.717) is 0 Å². The van der Waals surface area contributed by atoms with Gasteiger partial charge in [-0.15, -0.1) is 12.4 Å². The van der Waals surface area contributed by atoms with Gasteiger partial charge in [-0.05, 0) is 23.7 Å². The number of benzene rings is 1. The van der Waals surface area contributed by atoms with Crippen LogP contribution in [0.1, 0.15) is 0 Å². The minimum Gasteiger partial charge on any atom is -0.377 e. The molecule has 0 saturated carbocycles. The van der Waals surface area contributed by atoms with Gasteiger partial charge in [0.15, 0.2) is 0 Å². The highest BCUT2D eigenvalue weighted by molar-refractivity contribution is 6.64. The number of anilines is 1. The maximum Gasteiger partial charge on any atom is 0.240 e. The van der Waals surface area contributed by atoms with Gasteiger partial charge in [-0.3, -0.25) is 4.79 Å². The van der Waals surface area contributed by atoms with Crippen LogP contribution in [0.5, 0.6) is 0 Å². The Labute approximate surface area is 82.3 Å². The van der Waals surface area contributed by atoms with Gasteiger partial charge in [0.2, 0.25) is 5.24 Å². The van der Waals surface area contributed by atoms with Gasteiger partial charge in [0.1, 0.15) is 0 Å². The molecule has 1 aromatic rings. The van der Waals surface area contributed by atoms with Crippen LogP contribution in [0.4, 0.5) is 5.69 Å². The van der Waals surface area contributed by atoms with Crippen molar-refractivity contribution in [2.24, 2.45) is 0 Å². The van der Waals surface area contributed by atoms with E-state index in [2.05, 4.69) is 5.32 Å². The molecular formula is C8H9Cl2NO. The molecule has 2 nitrogen and oxygen atoms in total. The molecule has 0 spiro atoms. The van der Waals surface area contributed by atoms with E-state index in [4.69, 9.17) is 11.6 Å². The highest BCUT2D eigenvalue weighted by atomic mass is 35.5. The number of hydrogen-bond acceptors (Lipinski definition) is 2. The minimum atomic E-state index is -0.381. The van der Waals surface area contributed by atoms with Crippen molar-refractivity contribution < 1.29 is 4.79 Å². The second-order valence-electron chi connectivity index (χ2n) is 2.07. The summed E-state index contributed by atoms with van der Waals surface area (Å²) in [5.74, 6) is 0. The lowest BCUT2D eigenvalue weighted by Crippen LogP contribution is -2.07. The molecule has 0 saturated heterocycles. The molecule has 0 unspecified atom stereocenters. The summed E-state index contributed by atoms with van der Waals surface area (Å²) in [6, 6.07) is 9.44. The van der Waals surface area contributed by atoms with E-state index in [1.165, 1.54) is 0 Å². The largest absolute Gasteiger partial charge is 0.377 e. The zero-order valence-corrected chi connectivity index (χ0v) is 7.86. The zero-order chi connectivity index (χ0) is 8.10. The lowest BCUT2D eigenvalue weighted by Gasteiger charge is -2.00. The summed E-state index contributed by atoms with van der Waals surface area (Å²) in [5.41, 5.74) is 0.904. The number of nitrogens with one attached hydrogen (secondary N) is 1. The summed E-state index contributed by atoms with van der Waals surface area (Å²) >= 11 is 5.13. The zero-order valence-electron chi connectivity index (χ0n) is 6.29. The van der Waals surface area contributed by atoms with Crippen molar-refractivity contribution in [3.05, 3.63) is 30.3 Å². The van der Waals surface area contributed by atoms with Crippen molar-refractivity contribution in [1.82, 2.24) is 0 Å². The third-order valence-electron chi connectivity index (χ3n) is 1.21. The molecular weight excluding hydrogens is 197 g/mol. The molecule has 1 rings (SSSR count). The van der Waals surface area contributed by atoms with Crippen LogP contribution in [0.2, 0.25) is 0 Å². The summed E-state index contributed by atoms with van der Waals surface area (Å²) in [6.45, 7) is 0.172. The molecule has 0 atom stereocenters. The summed E-state index contributed by atoms with van der Waals surface area (Å²) in [7, 11) is 0. The van der Waals surface area contributed by atoms with E-state index in [1.807, 2.05) is 30.3 Å². The van der Waals surface area contributed by atoms with Gasteiger partial charge in [0, 0.05) is 5.69 Å². The third kappa shape index (κ3) is 4.21. The van der Waals surface area contributed by atoms with Crippen LogP contribution in [0.25, 0.3) is 0 Å². The second kappa shape index (κ2) is 5.86. The molecule has 1 aromatic carbocycles. The summed E-state index contributed by atoms with van der Waals surface area (Å²) in [5, 5.41) is 2.48. The van der Waals surface area contributed by atoms with Gasteiger partial charge in [0.25, 0.3) is 0 Å². The van der Waals surface area contributed by atoms with Crippen LogP contribution in [0.15, 0.2) is 30.3 Å². The molecule has 12 heavy (non-hydrogen) atoms. The Morgan fingerprint density at radius 1 is 1.33 bits per heavy atom. The quantitative estimate of drug-likeness (QED) is 0.768. The van der Waals surface area contributed by atoms with E-state index in [9.17, 15) is 4.79 Å². The predicted molar refractivity (Wildman–Crippen MR) is 53.0 cm³/mol. The maximum atomic E-state index is 10.3. The fraction of sp³-hybridized carbons (Fsp3) is 0.125. The average molecular weight is 206 g/mol. The van der Waals surface area contributed by atoms with Crippen molar-refractivity contribution in [1.29, 1.82) is 0 Å². The molecule has 0 heterocycles. The standard InChI is InChI=1S/C8H8ClNO.ClH/c9-8(11)6-10-7-4-2-1-3-5-7;/h1-5,10H,6H2;1H.